The van der Waals surface area contributed by atoms with Gasteiger partial charge in [-0.3, -0.25) is 19.1 Å². The number of nitrogens with zero attached hydrogens (tertiary/aromatic N) is 4. The van der Waals surface area contributed by atoms with Crippen LogP contribution in [0.1, 0.15) is 84.8 Å². The third kappa shape index (κ3) is 7.49. The maximum absolute atomic E-state index is 13.2. The van der Waals surface area contributed by atoms with Crippen LogP contribution in [0.2, 0.25) is 5.02 Å². The van der Waals surface area contributed by atoms with Gasteiger partial charge in [-0.15, -0.1) is 21.5 Å². The molecule has 3 heterocycles. The Morgan fingerprint density at radius 3 is 2.48 bits per heavy atom. The Labute approximate surface area is 288 Å². The Kier molecular flexibility index (Phi) is 11.1. The number of unbranched alkanes of at least 4 members (excludes halogenated alkanes) is 1. The summed E-state index contributed by atoms with van der Waals surface area (Å²) in [5.41, 5.74) is 10.3. The van der Waals surface area contributed by atoms with E-state index >= 15 is 0 Å². The Bertz CT molecular complexity index is 1950. The van der Waals surface area contributed by atoms with Crippen LogP contribution >= 0.6 is 22.9 Å². The number of carbonyl (C=O) groups is 3. The number of aliphatic imine (C=N–C) groups is 1. The maximum atomic E-state index is 13.2. The second-order valence-electron chi connectivity index (χ2n) is 11.2. The quantitative estimate of drug-likeness (QED) is 0.125. The zero-order valence-corrected chi connectivity index (χ0v) is 28.7. The van der Waals surface area contributed by atoms with Crippen molar-refractivity contribution in [3.05, 3.63) is 97.4 Å². The lowest BCUT2D eigenvalue weighted by Gasteiger charge is -2.13. The molecule has 2 amide bonds. The fourth-order valence-corrected chi connectivity index (χ4v) is 6.73. The highest BCUT2D eigenvalue weighted by Gasteiger charge is 2.32. The summed E-state index contributed by atoms with van der Waals surface area (Å²) in [5, 5.41) is 16.3. The first-order chi connectivity index (χ1) is 23.1. The number of benzene rings is 2. The van der Waals surface area contributed by atoms with E-state index in [0.717, 1.165) is 33.2 Å². The molecule has 2 aromatic carbocycles. The molecule has 0 saturated carbocycles. The highest BCUT2D eigenvalue weighted by atomic mass is 35.5. The third-order valence-electron chi connectivity index (χ3n) is 7.96. The molecule has 248 valence electrons. The second kappa shape index (κ2) is 15.4. The lowest BCUT2D eigenvalue weighted by molar-refractivity contribution is -0.121. The number of aromatic nitrogens is 3. The van der Waals surface area contributed by atoms with Crippen molar-refractivity contribution in [2.75, 3.05) is 26.7 Å². The van der Waals surface area contributed by atoms with Crippen LogP contribution in [0.15, 0.2) is 47.5 Å². The van der Waals surface area contributed by atoms with Gasteiger partial charge in [0.25, 0.3) is 5.91 Å². The summed E-state index contributed by atoms with van der Waals surface area (Å²) in [4.78, 5) is 44.3. The van der Waals surface area contributed by atoms with Crippen molar-refractivity contribution in [1.82, 2.24) is 25.4 Å². The van der Waals surface area contributed by atoms with Gasteiger partial charge >= 0.3 is 5.97 Å². The van der Waals surface area contributed by atoms with Gasteiger partial charge in [-0.1, -0.05) is 35.6 Å². The largest absolute Gasteiger partial charge is 0.465 e. The number of nitrogens with two attached hydrogens (primary N) is 1. The van der Waals surface area contributed by atoms with Crippen LogP contribution in [-0.2, 0) is 9.53 Å². The first-order valence-electron chi connectivity index (χ1n) is 15.5. The van der Waals surface area contributed by atoms with E-state index in [2.05, 4.69) is 46.5 Å². The van der Waals surface area contributed by atoms with Crippen molar-refractivity contribution in [1.29, 1.82) is 0 Å². The first kappa shape index (κ1) is 34.5. The van der Waals surface area contributed by atoms with Crippen LogP contribution < -0.4 is 16.4 Å². The number of hydrogen-bond acceptors (Lipinski definition) is 9. The van der Waals surface area contributed by atoms with Crippen LogP contribution in [0, 0.1) is 32.6 Å². The van der Waals surface area contributed by atoms with Gasteiger partial charge in [0.1, 0.15) is 16.9 Å². The standard InChI is InChI=1S/C35H36ClN7O4S/c1-20-21(2)48-34-30(20)31(23-9-12-26(36)13-10-23)40-28(32-42-41-22(3)43(32)34)19-29(44)38-16-5-6-17-39-33(45)25-11-14-27(35(46)47-4)24(18-25)8-7-15-37/h9-14,18,28H,5-6,15-17,19,37H2,1-4H3,(H,38,44)(H,39,45)/t28-/m0/s1. The van der Waals surface area contributed by atoms with Gasteiger partial charge in [0.15, 0.2) is 5.82 Å². The molecule has 0 aliphatic carbocycles. The van der Waals surface area contributed by atoms with E-state index in [9.17, 15) is 14.4 Å². The van der Waals surface area contributed by atoms with Crippen molar-refractivity contribution in [2.45, 2.75) is 46.1 Å². The number of nitrogens with one attached hydrogen (secondary N) is 2. The summed E-state index contributed by atoms with van der Waals surface area (Å²) >= 11 is 7.86. The molecule has 0 bridgehead atoms. The zero-order chi connectivity index (χ0) is 34.4. The molecule has 13 heteroatoms. The number of amides is 2. The molecule has 0 spiro atoms. The van der Waals surface area contributed by atoms with Gasteiger partial charge in [-0.25, -0.2) is 4.79 Å². The molecule has 4 aromatic rings. The topological polar surface area (TPSA) is 154 Å². The van der Waals surface area contributed by atoms with Crippen molar-refractivity contribution in [3.63, 3.8) is 0 Å². The molecule has 1 atom stereocenters. The number of halogens is 1. The van der Waals surface area contributed by atoms with Gasteiger partial charge in [0.05, 0.1) is 31.4 Å². The van der Waals surface area contributed by atoms with Crippen molar-refractivity contribution >= 4 is 46.4 Å². The number of carbonyl (C=O) groups excluding carboxylic acids is 3. The van der Waals surface area contributed by atoms with E-state index in [1.165, 1.54) is 18.1 Å². The number of thiophene rings is 1. The number of ether oxygens (including phenoxy) is 1. The average molecular weight is 686 g/mol. The molecule has 1 aliphatic rings. The van der Waals surface area contributed by atoms with Crippen LogP contribution in [0.25, 0.3) is 5.00 Å². The minimum Gasteiger partial charge on any atom is -0.465 e. The van der Waals surface area contributed by atoms with Crippen molar-refractivity contribution in [3.8, 4) is 16.8 Å². The van der Waals surface area contributed by atoms with E-state index < -0.39 is 12.0 Å². The van der Waals surface area contributed by atoms with E-state index in [-0.39, 0.29) is 30.3 Å². The highest BCUT2D eigenvalue weighted by molar-refractivity contribution is 7.15. The number of methoxy groups -OCH3 is 1. The zero-order valence-electron chi connectivity index (χ0n) is 27.1. The van der Waals surface area contributed by atoms with E-state index in [4.69, 9.17) is 27.1 Å². The van der Waals surface area contributed by atoms with Crippen molar-refractivity contribution in [2.24, 2.45) is 10.7 Å². The molecule has 2 aromatic heterocycles. The monoisotopic (exact) mass is 685 g/mol. The van der Waals surface area contributed by atoms with Crippen molar-refractivity contribution < 1.29 is 19.1 Å². The summed E-state index contributed by atoms with van der Waals surface area (Å²) in [5.74, 6) is 5.87. The summed E-state index contributed by atoms with van der Waals surface area (Å²) in [7, 11) is 1.28. The van der Waals surface area contributed by atoms with Gasteiger partial charge in [-0.2, -0.15) is 0 Å². The third-order valence-corrected chi connectivity index (χ3v) is 9.40. The molecule has 11 nitrogen and oxygen atoms in total. The molecular weight excluding hydrogens is 650 g/mol. The van der Waals surface area contributed by atoms with Gasteiger partial charge < -0.3 is 21.1 Å². The SMILES string of the molecule is COC(=O)c1ccc(C(=O)NCCCCNC(=O)C[C@@H]2N=C(c3ccc(Cl)cc3)c3c(sc(C)c3C)-n3c(C)nnc32)cc1C#CCN. The molecular formula is C35H36ClN7O4S. The fourth-order valence-electron chi connectivity index (χ4n) is 5.39. The minimum atomic E-state index is -0.555. The summed E-state index contributed by atoms with van der Waals surface area (Å²) in [6.07, 6.45) is 1.38. The van der Waals surface area contributed by atoms with E-state index in [1.807, 2.05) is 35.8 Å². The Hall–Kier alpha value is -4.83. The van der Waals surface area contributed by atoms with Gasteiger partial charge in [0, 0.05) is 45.2 Å². The molecule has 0 unspecified atom stereocenters. The number of hydrogen-bond donors (Lipinski definition) is 3. The van der Waals surface area contributed by atoms with Gasteiger partial charge in [0.2, 0.25) is 5.91 Å². The van der Waals surface area contributed by atoms with Crippen LogP contribution in [0.3, 0.4) is 0 Å². The van der Waals surface area contributed by atoms with Crippen LogP contribution in [0.4, 0.5) is 0 Å². The number of aryl methyl sites for hydroxylation is 2. The van der Waals surface area contributed by atoms with Crippen LogP contribution in [0.5, 0.6) is 0 Å². The van der Waals surface area contributed by atoms with E-state index in [0.29, 0.717) is 47.9 Å². The highest BCUT2D eigenvalue weighted by Crippen LogP contribution is 2.39. The minimum absolute atomic E-state index is 0.0931. The Morgan fingerprint density at radius 1 is 1.04 bits per heavy atom. The molecule has 1 aliphatic heterocycles. The predicted molar refractivity (Wildman–Crippen MR) is 186 cm³/mol. The molecule has 0 fully saturated rings. The maximum Gasteiger partial charge on any atom is 0.339 e. The smallest absolute Gasteiger partial charge is 0.339 e. The second-order valence-corrected chi connectivity index (χ2v) is 12.8. The average Bonchev–Trinajstić information content (AvgIpc) is 3.56. The fraction of sp³-hybridized carbons (Fsp3) is 0.314. The molecule has 0 radical (unpaired) electrons. The predicted octanol–water partition coefficient (Wildman–Crippen LogP) is 4.61. The molecule has 0 saturated heterocycles. The molecule has 4 N–H and O–H groups in total. The lowest BCUT2D eigenvalue weighted by atomic mass is 9.99. The summed E-state index contributed by atoms with van der Waals surface area (Å²) in [6, 6.07) is 11.6. The normalized spacial score (nSPS) is 13.3. The number of rotatable bonds is 10. The summed E-state index contributed by atoms with van der Waals surface area (Å²) in [6.45, 7) is 7.02. The lowest BCUT2D eigenvalue weighted by Crippen LogP contribution is -2.28. The number of esters is 1. The molecule has 5 rings (SSSR count). The van der Waals surface area contributed by atoms with Gasteiger partial charge in [-0.05, 0) is 69.5 Å². The first-order valence-corrected chi connectivity index (χ1v) is 16.6. The van der Waals surface area contributed by atoms with E-state index in [1.54, 1.807) is 23.5 Å². The Morgan fingerprint density at radius 2 is 1.77 bits per heavy atom. The Balaban J connectivity index is 1.21. The summed E-state index contributed by atoms with van der Waals surface area (Å²) < 4.78 is 6.82. The number of fused-ring (bicyclic) bond motifs is 3. The van der Waals surface area contributed by atoms with Crippen LogP contribution in [-0.4, -0.2) is 65.0 Å². The molecule has 48 heavy (non-hydrogen) atoms.